The summed E-state index contributed by atoms with van der Waals surface area (Å²) in [6.07, 6.45) is 12.1. The predicted molar refractivity (Wildman–Crippen MR) is 145 cm³/mol. The molecule has 5 rings (SSSR count). The van der Waals surface area contributed by atoms with Gasteiger partial charge in [-0.25, -0.2) is 0 Å². The number of carbonyl (C=O) groups is 1. The van der Waals surface area contributed by atoms with Crippen molar-refractivity contribution in [2.75, 3.05) is 38.5 Å². The largest absolute Gasteiger partial charge is 0.403 e. The van der Waals surface area contributed by atoms with E-state index in [2.05, 4.69) is 39.5 Å². The lowest BCUT2D eigenvalue weighted by Crippen LogP contribution is -2.40. The Bertz CT molecular complexity index is 1050. The Labute approximate surface area is 209 Å². The third kappa shape index (κ3) is 6.73. The van der Waals surface area contributed by atoms with Crippen LogP contribution in [0.4, 0.5) is 5.69 Å². The number of hydrogen-bond acceptors (Lipinski definition) is 5. The highest BCUT2D eigenvalue weighted by molar-refractivity contribution is 5.98. The molecule has 1 saturated carbocycles. The first-order valence-corrected chi connectivity index (χ1v) is 13.0. The van der Waals surface area contributed by atoms with Crippen molar-refractivity contribution in [2.45, 2.75) is 51.5 Å². The molecule has 6 nitrogen and oxygen atoms in total. The molecule has 0 atom stereocenters. The molecule has 6 heteroatoms. The quantitative estimate of drug-likeness (QED) is 0.576. The molecular weight excluding hydrogens is 434 g/mol. The number of aliphatic imine (C=N–C) groups is 1. The van der Waals surface area contributed by atoms with E-state index in [1.165, 1.54) is 43.0 Å². The van der Waals surface area contributed by atoms with Crippen molar-refractivity contribution in [3.05, 3.63) is 76.6 Å². The van der Waals surface area contributed by atoms with Crippen LogP contribution in [0.15, 0.2) is 59.4 Å². The minimum Gasteiger partial charge on any atom is -0.403 e. The van der Waals surface area contributed by atoms with Gasteiger partial charge in [0.2, 0.25) is 0 Å². The van der Waals surface area contributed by atoms with Crippen molar-refractivity contribution in [2.24, 2.45) is 10.7 Å². The number of amides is 1. The highest BCUT2D eigenvalue weighted by Gasteiger charge is 2.25. The first kappa shape index (κ1) is 25.0. The zero-order valence-corrected chi connectivity index (χ0v) is 21.0. The van der Waals surface area contributed by atoms with Gasteiger partial charge in [0.1, 0.15) is 0 Å². The van der Waals surface area contributed by atoms with Crippen LogP contribution in [0.5, 0.6) is 0 Å². The predicted octanol–water partition coefficient (Wildman–Crippen LogP) is 4.61. The highest BCUT2D eigenvalue weighted by atomic mass is 16.2. The fourth-order valence-electron chi connectivity index (χ4n) is 4.71. The standard InChI is InChI=1S/C25H31N5O.C4H8/c1-27-17-23(16-26)28-22-8-7-20-10-14-30(25(31)24(20)15-22)12-4-11-29-13-9-19-5-2-3-6-21(19)18-29;1-2-4-3-1/h2-3,5-8,15-17,28H,4,9-14,18,26H2,1H3;1-4H2/b23-16+,27-17?;. The molecule has 2 aromatic rings. The molecule has 1 fully saturated rings. The fraction of sp³-hybridized carbons (Fsp3) is 0.448. The molecule has 2 aromatic carbocycles. The first-order chi connectivity index (χ1) is 17.2. The Morgan fingerprint density at radius 1 is 1.00 bits per heavy atom. The van der Waals surface area contributed by atoms with Gasteiger partial charge >= 0.3 is 0 Å². The maximum absolute atomic E-state index is 13.1. The molecule has 35 heavy (non-hydrogen) atoms. The molecule has 0 unspecified atom stereocenters. The van der Waals surface area contributed by atoms with Gasteiger partial charge in [-0.1, -0.05) is 56.0 Å². The number of nitrogens with one attached hydrogen (secondary N) is 1. The van der Waals surface area contributed by atoms with Crippen LogP contribution in [0.2, 0.25) is 0 Å². The van der Waals surface area contributed by atoms with Crippen molar-refractivity contribution in [3.63, 3.8) is 0 Å². The van der Waals surface area contributed by atoms with Crippen LogP contribution in [-0.2, 0) is 19.4 Å². The van der Waals surface area contributed by atoms with Gasteiger partial charge in [0.05, 0.1) is 5.70 Å². The van der Waals surface area contributed by atoms with Crippen molar-refractivity contribution >= 4 is 17.8 Å². The molecule has 0 saturated heterocycles. The summed E-state index contributed by atoms with van der Waals surface area (Å²) in [4.78, 5) is 21.6. The van der Waals surface area contributed by atoms with Gasteiger partial charge in [0.25, 0.3) is 5.91 Å². The molecule has 2 heterocycles. The summed E-state index contributed by atoms with van der Waals surface area (Å²) in [7, 11) is 1.70. The van der Waals surface area contributed by atoms with E-state index >= 15 is 0 Å². The van der Waals surface area contributed by atoms with Gasteiger partial charge in [0.15, 0.2) is 0 Å². The van der Waals surface area contributed by atoms with Crippen LogP contribution in [-0.4, -0.2) is 55.1 Å². The van der Waals surface area contributed by atoms with Crippen LogP contribution in [0.1, 0.15) is 59.2 Å². The topological polar surface area (TPSA) is 74.0 Å². The molecule has 0 aromatic heterocycles. The number of benzene rings is 2. The maximum atomic E-state index is 13.1. The number of hydrogen-bond donors (Lipinski definition) is 2. The van der Waals surface area contributed by atoms with E-state index in [0.717, 1.165) is 68.8 Å². The van der Waals surface area contributed by atoms with E-state index in [1.54, 1.807) is 13.3 Å². The van der Waals surface area contributed by atoms with Gasteiger partial charge in [-0.15, -0.1) is 0 Å². The van der Waals surface area contributed by atoms with E-state index in [9.17, 15) is 4.79 Å². The molecule has 186 valence electrons. The van der Waals surface area contributed by atoms with Crippen LogP contribution in [0.3, 0.4) is 0 Å². The number of allylic oxidation sites excluding steroid dienone is 1. The second-order valence-electron chi connectivity index (χ2n) is 9.61. The fourth-order valence-corrected chi connectivity index (χ4v) is 4.71. The normalized spacial score (nSPS) is 17.8. The minimum absolute atomic E-state index is 0.122. The van der Waals surface area contributed by atoms with Gasteiger partial charge < -0.3 is 16.0 Å². The summed E-state index contributed by atoms with van der Waals surface area (Å²) < 4.78 is 0. The lowest BCUT2D eigenvalue weighted by Gasteiger charge is -2.31. The number of nitrogens with two attached hydrogens (primary N) is 1. The van der Waals surface area contributed by atoms with Crippen LogP contribution in [0, 0.1) is 0 Å². The Morgan fingerprint density at radius 3 is 2.46 bits per heavy atom. The summed E-state index contributed by atoms with van der Waals surface area (Å²) in [5.41, 5.74) is 12.0. The van der Waals surface area contributed by atoms with E-state index in [0.29, 0.717) is 5.70 Å². The molecule has 3 N–H and O–H groups in total. The smallest absolute Gasteiger partial charge is 0.254 e. The molecule has 0 spiro atoms. The van der Waals surface area contributed by atoms with Crippen molar-refractivity contribution < 1.29 is 4.79 Å². The molecule has 0 bridgehead atoms. The Morgan fingerprint density at radius 2 is 1.74 bits per heavy atom. The number of rotatable bonds is 7. The van der Waals surface area contributed by atoms with E-state index < -0.39 is 0 Å². The SMILES string of the molecule is C1CCC1.CN=C/C(=C\N)Nc1ccc2c(c1)C(=O)N(CCCN1CCc3ccccc3C1)CC2. The summed E-state index contributed by atoms with van der Waals surface area (Å²) in [5.74, 6) is 0.122. The average Bonchev–Trinajstić information content (AvgIpc) is 2.84. The summed E-state index contributed by atoms with van der Waals surface area (Å²) in [5, 5.41) is 3.22. The van der Waals surface area contributed by atoms with Crippen LogP contribution < -0.4 is 11.1 Å². The number of nitrogens with zero attached hydrogens (tertiary/aromatic N) is 3. The monoisotopic (exact) mass is 473 g/mol. The number of fused-ring (bicyclic) bond motifs is 2. The number of carbonyl (C=O) groups excluding carboxylic acids is 1. The van der Waals surface area contributed by atoms with Gasteiger partial charge in [-0.3, -0.25) is 14.7 Å². The molecule has 1 aliphatic carbocycles. The molecule has 2 aliphatic heterocycles. The maximum Gasteiger partial charge on any atom is 0.254 e. The van der Waals surface area contributed by atoms with E-state index in [-0.39, 0.29) is 5.91 Å². The summed E-state index contributed by atoms with van der Waals surface area (Å²) >= 11 is 0. The zero-order chi connectivity index (χ0) is 24.5. The second kappa shape index (κ2) is 12.5. The van der Waals surface area contributed by atoms with Gasteiger partial charge in [0, 0.05) is 63.4 Å². The third-order valence-corrected chi connectivity index (χ3v) is 7.13. The van der Waals surface area contributed by atoms with E-state index in [4.69, 9.17) is 5.73 Å². The highest BCUT2D eigenvalue weighted by Crippen LogP contribution is 2.24. The molecular formula is C29H39N5O. The van der Waals surface area contributed by atoms with Crippen molar-refractivity contribution in [1.29, 1.82) is 0 Å². The zero-order valence-electron chi connectivity index (χ0n) is 21.0. The molecule has 1 amide bonds. The van der Waals surface area contributed by atoms with E-state index in [1.807, 2.05) is 23.1 Å². The average molecular weight is 474 g/mol. The lowest BCUT2D eigenvalue weighted by molar-refractivity contribution is 0.0730. The Kier molecular flexibility index (Phi) is 8.96. The van der Waals surface area contributed by atoms with Crippen molar-refractivity contribution in [1.82, 2.24) is 9.80 Å². The summed E-state index contributed by atoms with van der Waals surface area (Å²) in [6, 6.07) is 14.7. The Hall–Kier alpha value is -3.12. The molecule has 0 radical (unpaired) electrons. The Balaban J connectivity index is 0.000000656. The summed E-state index contributed by atoms with van der Waals surface area (Å²) in [6.45, 7) is 4.72. The molecule has 3 aliphatic rings. The number of anilines is 1. The minimum atomic E-state index is 0.122. The van der Waals surface area contributed by atoms with Crippen LogP contribution in [0.25, 0.3) is 0 Å². The first-order valence-electron chi connectivity index (χ1n) is 13.0. The lowest BCUT2D eigenvalue weighted by atomic mass is 9.98. The van der Waals surface area contributed by atoms with Gasteiger partial charge in [-0.05, 0) is 48.1 Å². The second-order valence-corrected chi connectivity index (χ2v) is 9.61. The van der Waals surface area contributed by atoms with Crippen molar-refractivity contribution in [3.8, 4) is 0 Å². The van der Waals surface area contributed by atoms with Gasteiger partial charge in [-0.2, -0.15) is 0 Å². The van der Waals surface area contributed by atoms with Crippen LogP contribution >= 0.6 is 0 Å². The third-order valence-electron chi connectivity index (χ3n) is 7.13.